The van der Waals surface area contributed by atoms with Crippen LogP contribution in [0, 0.1) is 0 Å². The third kappa shape index (κ3) is 6.59. The van der Waals surface area contributed by atoms with Crippen LogP contribution in [0.3, 0.4) is 0 Å². The van der Waals surface area contributed by atoms with Gasteiger partial charge in [-0.1, -0.05) is 91.0 Å². The van der Waals surface area contributed by atoms with Crippen molar-refractivity contribution >= 4 is 29.3 Å². The largest absolute Gasteiger partial charge is 0.341 e. The van der Waals surface area contributed by atoms with E-state index >= 15 is 0 Å². The lowest BCUT2D eigenvalue weighted by molar-refractivity contribution is -0.113. The number of hydrogen-bond donors (Lipinski definition) is 2. The van der Waals surface area contributed by atoms with Crippen LogP contribution in [0.4, 0.5) is 5.69 Å². The number of rotatable bonds is 9. The highest BCUT2D eigenvalue weighted by atomic mass is 32.2. The van der Waals surface area contributed by atoms with Gasteiger partial charge >= 0.3 is 0 Å². The molecule has 0 heterocycles. The van der Waals surface area contributed by atoms with Crippen molar-refractivity contribution in [3.63, 3.8) is 0 Å². The first-order chi connectivity index (χ1) is 16.7. The Kier molecular flexibility index (Phi) is 8.14. The summed E-state index contributed by atoms with van der Waals surface area (Å²) in [6, 6.07) is 36.7. The maximum atomic E-state index is 13.0. The van der Waals surface area contributed by atoms with E-state index in [1.165, 1.54) is 0 Å². The third-order valence-corrected chi connectivity index (χ3v) is 6.32. The van der Waals surface area contributed by atoms with Crippen molar-refractivity contribution in [2.24, 2.45) is 0 Å². The predicted molar refractivity (Wildman–Crippen MR) is 140 cm³/mol. The van der Waals surface area contributed by atoms with E-state index in [2.05, 4.69) is 10.6 Å². The summed E-state index contributed by atoms with van der Waals surface area (Å²) in [5, 5.41) is 6.05. The molecule has 2 amide bonds. The molecule has 0 aliphatic carbocycles. The zero-order chi connectivity index (χ0) is 23.6. The molecule has 5 heteroatoms. The third-order valence-electron chi connectivity index (χ3n) is 5.32. The van der Waals surface area contributed by atoms with Gasteiger partial charge in [-0.25, -0.2) is 0 Å². The van der Waals surface area contributed by atoms with Gasteiger partial charge < -0.3 is 10.6 Å². The molecule has 0 spiro atoms. The van der Waals surface area contributed by atoms with Crippen molar-refractivity contribution in [1.82, 2.24) is 5.32 Å². The molecule has 0 aliphatic heterocycles. The van der Waals surface area contributed by atoms with Gasteiger partial charge in [-0.3, -0.25) is 9.59 Å². The molecule has 0 unspecified atom stereocenters. The second kappa shape index (κ2) is 11.9. The zero-order valence-electron chi connectivity index (χ0n) is 18.7. The standard InChI is InChI=1S/C29H26N2O2S/c32-27(30-26-14-8-3-9-15-26)21-34-20-22-16-18-25(19-17-22)29(33)31-28(23-10-4-1-5-11-23)24-12-6-2-7-13-24/h1-19,28H,20-21H2,(H,30,32)(H,31,33). The van der Waals surface area contributed by atoms with Crippen LogP contribution in [0.25, 0.3) is 0 Å². The van der Waals surface area contributed by atoms with E-state index in [0.29, 0.717) is 17.1 Å². The number of thioether (sulfide) groups is 1. The fraction of sp³-hybridized carbons (Fsp3) is 0.103. The van der Waals surface area contributed by atoms with Gasteiger partial charge in [0.05, 0.1) is 11.8 Å². The first kappa shape index (κ1) is 23.3. The average Bonchev–Trinajstić information content (AvgIpc) is 2.89. The second-order valence-electron chi connectivity index (χ2n) is 7.83. The summed E-state index contributed by atoms with van der Waals surface area (Å²) in [6.45, 7) is 0. The molecule has 4 aromatic carbocycles. The molecular weight excluding hydrogens is 440 g/mol. The van der Waals surface area contributed by atoms with E-state index in [4.69, 9.17) is 0 Å². The molecule has 4 aromatic rings. The van der Waals surface area contributed by atoms with Crippen molar-refractivity contribution in [2.75, 3.05) is 11.1 Å². The van der Waals surface area contributed by atoms with Crippen LogP contribution >= 0.6 is 11.8 Å². The Morgan fingerprint density at radius 2 is 1.21 bits per heavy atom. The minimum absolute atomic E-state index is 0.0277. The minimum atomic E-state index is -0.228. The van der Waals surface area contributed by atoms with Gasteiger partial charge in [-0.05, 0) is 41.0 Å². The summed E-state index contributed by atoms with van der Waals surface area (Å²) in [6.07, 6.45) is 0. The molecule has 2 N–H and O–H groups in total. The summed E-state index contributed by atoms with van der Waals surface area (Å²) < 4.78 is 0. The lowest BCUT2D eigenvalue weighted by Gasteiger charge is -2.20. The summed E-state index contributed by atoms with van der Waals surface area (Å²) in [4.78, 5) is 25.1. The van der Waals surface area contributed by atoms with Gasteiger partial charge in [-0.15, -0.1) is 11.8 Å². The number of amides is 2. The Labute approximate surface area is 204 Å². The van der Waals surface area contributed by atoms with Gasteiger partial charge in [0, 0.05) is 17.0 Å². The van der Waals surface area contributed by atoms with E-state index in [9.17, 15) is 9.59 Å². The molecule has 0 aliphatic rings. The molecule has 0 saturated carbocycles. The van der Waals surface area contributed by atoms with Gasteiger partial charge in [0.1, 0.15) is 0 Å². The van der Waals surface area contributed by atoms with E-state index in [1.807, 2.05) is 115 Å². The van der Waals surface area contributed by atoms with Crippen LogP contribution in [-0.4, -0.2) is 17.6 Å². The van der Waals surface area contributed by atoms with Gasteiger partial charge in [0.2, 0.25) is 5.91 Å². The highest BCUT2D eigenvalue weighted by Crippen LogP contribution is 2.22. The van der Waals surface area contributed by atoms with E-state index in [0.717, 1.165) is 22.4 Å². The van der Waals surface area contributed by atoms with Crippen LogP contribution in [0.1, 0.15) is 33.1 Å². The molecule has 0 fully saturated rings. The highest BCUT2D eigenvalue weighted by Gasteiger charge is 2.17. The topological polar surface area (TPSA) is 58.2 Å². The number of para-hydroxylation sites is 1. The summed E-state index contributed by atoms with van der Waals surface area (Å²) in [5.74, 6) is 0.910. The van der Waals surface area contributed by atoms with Crippen LogP contribution in [0.15, 0.2) is 115 Å². The van der Waals surface area contributed by atoms with Crippen LogP contribution < -0.4 is 10.6 Å². The zero-order valence-corrected chi connectivity index (χ0v) is 19.5. The van der Waals surface area contributed by atoms with Gasteiger partial charge in [-0.2, -0.15) is 0 Å². The number of anilines is 1. The number of nitrogens with one attached hydrogen (secondary N) is 2. The smallest absolute Gasteiger partial charge is 0.252 e. The summed E-state index contributed by atoms with van der Waals surface area (Å²) in [5.41, 5.74) is 4.53. The maximum absolute atomic E-state index is 13.0. The Hall–Kier alpha value is -3.83. The lowest BCUT2D eigenvalue weighted by Crippen LogP contribution is -2.29. The Morgan fingerprint density at radius 1 is 0.676 bits per heavy atom. The first-order valence-electron chi connectivity index (χ1n) is 11.1. The Balaban J connectivity index is 1.33. The van der Waals surface area contributed by atoms with Crippen molar-refractivity contribution in [3.8, 4) is 0 Å². The van der Waals surface area contributed by atoms with Crippen molar-refractivity contribution < 1.29 is 9.59 Å². The minimum Gasteiger partial charge on any atom is -0.341 e. The Morgan fingerprint density at radius 3 is 1.76 bits per heavy atom. The first-order valence-corrected chi connectivity index (χ1v) is 12.3. The normalized spacial score (nSPS) is 10.6. The van der Waals surface area contributed by atoms with Crippen molar-refractivity contribution in [3.05, 3.63) is 138 Å². The molecule has 0 radical (unpaired) electrons. The number of carbonyl (C=O) groups is 2. The van der Waals surface area contributed by atoms with E-state index < -0.39 is 0 Å². The summed E-state index contributed by atoms with van der Waals surface area (Å²) >= 11 is 1.54. The maximum Gasteiger partial charge on any atom is 0.252 e. The molecule has 170 valence electrons. The van der Waals surface area contributed by atoms with Crippen molar-refractivity contribution in [1.29, 1.82) is 0 Å². The van der Waals surface area contributed by atoms with Gasteiger partial charge in [0.25, 0.3) is 5.91 Å². The molecule has 0 aromatic heterocycles. The van der Waals surface area contributed by atoms with E-state index in [-0.39, 0.29) is 17.9 Å². The van der Waals surface area contributed by atoms with Crippen LogP contribution in [-0.2, 0) is 10.5 Å². The second-order valence-corrected chi connectivity index (χ2v) is 8.82. The fourth-order valence-electron chi connectivity index (χ4n) is 3.60. The quantitative estimate of drug-likeness (QED) is 0.314. The SMILES string of the molecule is O=C(CSCc1ccc(C(=O)NC(c2ccccc2)c2ccccc2)cc1)Nc1ccccc1. The monoisotopic (exact) mass is 466 g/mol. The lowest BCUT2D eigenvalue weighted by atomic mass is 9.98. The van der Waals surface area contributed by atoms with E-state index in [1.54, 1.807) is 11.8 Å². The fourth-order valence-corrected chi connectivity index (χ4v) is 4.38. The van der Waals surface area contributed by atoms with Crippen LogP contribution in [0.2, 0.25) is 0 Å². The Bertz CT molecular complexity index is 1160. The average molecular weight is 467 g/mol. The summed E-state index contributed by atoms with van der Waals surface area (Å²) in [7, 11) is 0. The highest BCUT2D eigenvalue weighted by molar-refractivity contribution is 7.99. The predicted octanol–water partition coefficient (Wildman–Crippen LogP) is 6.08. The molecule has 4 nitrogen and oxygen atoms in total. The molecule has 0 bridgehead atoms. The molecule has 4 rings (SSSR count). The van der Waals surface area contributed by atoms with Crippen LogP contribution in [0.5, 0.6) is 0 Å². The number of benzene rings is 4. The van der Waals surface area contributed by atoms with Gasteiger partial charge in [0.15, 0.2) is 0 Å². The number of hydrogen-bond acceptors (Lipinski definition) is 3. The molecular formula is C29H26N2O2S. The number of carbonyl (C=O) groups excluding carboxylic acids is 2. The van der Waals surface area contributed by atoms with Crippen molar-refractivity contribution in [2.45, 2.75) is 11.8 Å². The molecule has 0 atom stereocenters. The molecule has 34 heavy (non-hydrogen) atoms. The molecule has 0 saturated heterocycles.